The Morgan fingerprint density at radius 1 is 1.17 bits per heavy atom. The lowest BCUT2D eigenvalue weighted by Gasteiger charge is -2.33. The quantitative estimate of drug-likeness (QED) is 0.595. The van der Waals surface area contributed by atoms with E-state index in [4.69, 9.17) is 0 Å². The highest BCUT2D eigenvalue weighted by Gasteiger charge is 2.24. The van der Waals surface area contributed by atoms with Gasteiger partial charge in [0.1, 0.15) is 0 Å². The number of rotatable bonds is 5. The molecule has 1 atom stereocenters. The van der Waals surface area contributed by atoms with Crippen LogP contribution in [0, 0.1) is 6.92 Å². The summed E-state index contributed by atoms with van der Waals surface area (Å²) in [5.74, 6) is 1.29. The first-order chi connectivity index (χ1) is 14.1. The number of benzene rings is 1. The van der Waals surface area contributed by atoms with Crippen LogP contribution in [-0.4, -0.2) is 48.9 Å². The number of aryl methyl sites for hydroxylation is 1. The van der Waals surface area contributed by atoms with Crippen LogP contribution in [0.25, 0.3) is 17.1 Å². The molecule has 3 heterocycles. The Balaban J connectivity index is 1.63. The minimum absolute atomic E-state index is 0.173. The average molecular weight is 408 g/mol. The van der Waals surface area contributed by atoms with Gasteiger partial charge in [-0.3, -0.25) is 14.3 Å². The number of nitrogens with zero attached hydrogens (tertiary/aromatic N) is 5. The molecule has 1 aliphatic heterocycles. The van der Waals surface area contributed by atoms with Crippen LogP contribution in [0.5, 0.6) is 0 Å². The smallest absolute Gasteiger partial charge is 0.233 e. The number of carbonyl (C=O) groups excluding carboxylic acids is 1. The van der Waals surface area contributed by atoms with Crippen molar-refractivity contribution in [2.45, 2.75) is 44.3 Å². The Bertz CT molecular complexity index is 988. The predicted molar refractivity (Wildman–Crippen MR) is 115 cm³/mol. The summed E-state index contributed by atoms with van der Waals surface area (Å²) < 4.78 is 2.03. The van der Waals surface area contributed by atoms with Crippen molar-refractivity contribution in [2.24, 2.45) is 0 Å². The molecule has 4 rings (SSSR count). The van der Waals surface area contributed by atoms with Gasteiger partial charge < -0.3 is 4.90 Å². The summed E-state index contributed by atoms with van der Waals surface area (Å²) >= 11 is 1.45. The third-order valence-electron chi connectivity index (χ3n) is 5.28. The number of aromatic nitrogens is 4. The zero-order valence-electron chi connectivity index (χ0n) is 16.8. The van der Waals surface area contributed by atoms with Crippen molar-refractivity contribution in [1.82, 2.24) is 24.6 Å². The number of thioether (sulfide) groups is 1. The van der Waals surface area contributed by atoms with Crippen LogP contribution in [0.15, 0.2) is 53.9 Å². The fraction of sp³-hybridized carbons (Fsp3) is 0.364. The topological polar surface area (TPSA) is 63.9 Å². The lowest BCUT2D eigenvalue weighted by molar-refractivity contribution is -0.131. The van der Waals surface area contributed by atoms with Crippen molar-refractivity contribution in [3.05, 3.63) is 54.4 Å². The van der Waals surface area contributed by atoms with Crippen molar-refractivity contribution >= 4 is 17.7 Å². The molecule has 3 aromatic rings. The van der Waals surface area contributed by atoms with Gasteiger partial charge in [0, 0.05) is 36.2 Å². The zero-order valence-corrected chi connectivity index (χ0v) is 17.6. The molecule has 7 heteroatoms. The van der Waals surface area contributed by atoms with Gasteiger partial charge in [0.05, 0.1) is 5.75 Å². The molecule has 0 spiro atoms. The minimum Gasteiger partial charge on any atom is -0.339 e. The van der Waals surface area contributed by atoms with Crippen molar-refractivity contribution in [2.75, 3.05) is 12.3 Å². The molecule has 0 bridgehead atoms. The normalized spacial score (nSPS) is 16.8. The Morgan fingerprint density at radius 2 is 2.00 bits per heavy atom. The maximum atomic E-state index is 12.8. The van der Waals surface area contributed by atoms with Crippen LogP contribution < -0.4 is 0 Å². The van der Waals surface area contributed by atoms with E-state index in [-0.39, 0.29) is 5.91 Å². The van der Waals surface area contributed by atoms with Crippen LogP contribution in [0.1, 0.15) is 31.7 Å². The third kappa shape index (κ3) is 4.34. The van der Waals surface area contributed by atoms with Crippen molar-refractivity contribution in [3.8, 4) is 17.1 Å². The van der Waals surface area contributed by atoms with Gasteiger partial charge in [-0.1, -0.05) is 23.9 Å². The highest BCUT2D eigenvalue weighted by Crippen LogP contribution is 2.29. The number of likely N-dealkylation sites (tertiary alicyclic amines) is 1. The molecule has 0 N–H and O–H groups in total. The molecule has 1 saturated heterocycles. The molecule has 150 valence electrons. The molecule has 0 unspecified atom stereocenters. The average Bonchev–Trinajstić information content (AvgIpc) is 3.17. The van der Waals surface area contributed by atoms with Crippen LogP contribution >= 0.6 is 11.8 Å². The van der Waals surface area contributed by atoms with E-state index < -0.39 is 0 Å². The van der Waals surface area contributed by atoms with Crippen LogP contribution in [0.2, 0.25) is 0 Å². The molecule has 1 aliphatic rings. The fourth-order valence-electron chi connectivity index (χ4n) is 3.73. The molecule has 1 aromatic carbocycles. The van der Waals surface area contributed by atoms with E-state index in [1.807, 2.05) is 33.7 Å². The maximum absolute atomic E-state index is 12.8. The van der Waals surface area contributed by atoms with Gasteiger partial charge in [0.25, 0.3) is 0 Å². The second-order valence-electron chi connectivity index (χ2n) is 7.44. The number of piperidine rings is 1. The van der Waals surface area contributed by atoms with Crippen molar-refractivity contribution < 1.29 is 4.79 Å². The van der Waals surface area contributed by atoms with Gasteiger partial charge >= 0.3 is 0 Å². The lowest BCUT2D eigenvalue weighted by atomic mass is 10.0. The van der Waals surface area contributed by atoms with E-state index in [0.29, 0.717) is 11.8 Å². The van der Waals surface area contributed by atoms with Crippen LogP contribution in [0.4, 0.5) is 0 Å². The van der Waals surface area contributed by atoms with E-state index in [1.165, 1.54) is 18.2 Å². The first kappa shape index (κ1) is 19.6. The molecule has 6 nitrogen and oxygen atoms in total. The van der Waals surface area contributed by atoms with Gasteiger partial charge in [0.15, 0.2) is 11.0 Å². The predicted octanol–water partition coefficient (Wildman–Crippen LogP) is 4.13. The highest BCUT2D eigenvalue weighted by atomic mass is 32.2. The summed E-state index contributed by atoms with van der Waals surface area (Å²) in [5.41, 5.74) is 3.09. The van der Waals surface area contributed by atoms with Gasteiger partial charge in [-0.05, 0) is 62.9 Å². The van der Waals surface area contributed by atoms with E-state index in [9.17, 15) is 4.79 Å². The monoisotopic (exact) mass is 407 g/mol. The molecular formula is C22H25N5OS. The second kappa shape index (κ2) is 8.78. The highest BCUT2D eigenvalue weighted by molar-refractivity contribution is 7.99. The van der Waals surface area contributed by atoms with E-state index in [2.05, 4.69) is 41.2 Å². The molecule has 0 aliphatic carbocycles. The molecule has 1 amide bonds. The summed E-state index contributed by atoms with van der Waals surface area (Å²) in [7, 11) is 0. The number of carbonyl (C=O) groups is 1. The summed E-state index contributed by atoms with van der Waals surface area (Å²) in [4.78, 5) is 18.9. The molecule has 29 heavy (non-hydrogen) atoms. The molecule has 0 saturated carbocycles. The Hall–Kier alpha value is -2.67. The second-order valence-corrected chi connectivity index (χ2v) is 8.38. The third-order valence-corrected chi connectivity index (χ3v) is 6.19. The van der Waals surface area contributed by atoms with Gasteiger partial charge in [-0.2, -0.15) is 0 Å². The largest absolute Gasteiger partial charge is 0.339 e. The summed E-state index contributed by atoms with van der Waals surface area (Å²) in [5, 5.41) is 9.58. The number of hydrogen-bond donors (Lipinski definition) is 0. The van der Waals surface area contributed by atoms with E-state index in [1.54, 1.807) is 12.4 Å². The minimum atomic E-state index is 0.173. The molecule has 0 radical (unpaired) electrons. The first-order valence-electron chi connectivity index (χ1n) is 9.98. The summed E-state index contributed by atoms with van der Waals surface area (Å²) in [6.45, 7) is 5.06. The van der Waals surface area contributed by atoms with Crippen molar-refractivity contribution in [3.63, 3.8) is 0 Å². The standard InChI is InChI=1S/C22H25N5OS/c1-16-6-5-8-19(14-16)27-21(18-9-11-23-12-10-18)24-25-22(27)29-15-20(28)26-13-4-3-7-17(26)2/h5-6,8-12,14,17H,3-4,7,13,15H2,1-2H3/t17-/m0/s1. The van der Waals surface area contributed by atoms with Crippen LogP contribution in [0.3, 0.4) is 0 Å². The number of pyridine rings is 1. The van der Waals surface area contributed by atoms with Crippen LogP contribution in [-0.2, 0) is 4.79 Å². The Labute approximate surface area is 175 Å². The fourth-order valence-corrected chi connectivity index (χ4v) is 4.57. The SMILES string of the molecule is Cc1cccc(-n2c(SCC(=O)N3CCCC[C@@H]3C)nnc2-c2ccncc2)c1. The summed E-state index contributed by atoms with van der Waals surface area (Å²) in [6, 6.07) is 12.4. The number of hydrogen-bond acceptors (Lipinski definition) is 5. The van der Waals surface area contributed by atoms with E-state index >= 15 is 0 Å². The maximum Gasteiger partial charge on any atom is 0.233 e. The van der Waals surface area contributed by atoms with E-state index in [0.717, 1.165) is 47.2 Å². The lowest BCUT2D eigenvalue weighted by Crippen LogP contribution is -2.42. The zero-order chi connectivity index (χ0) is 20.2. The first-order valence-corrected chi connectivity index (χ1v) is 11.0. The number of amides is 1. The van der Waals surface area contributed by atoms with Gasteiger partial charge in [0.2, 0.25) is 5.91 Å². The van der Waals surface area contributed by atoms with Crippen molar-refractivity contribution in [1.29, 1.82) is 0 Å². The van der Waals surface area contributed by atoms with Gasteiger partial charge in [-0.15, -0.1) is 10.2 Å². The summed E-state index contributed by atoms with van der Waals surface area (Å²) in [6.07, 6.45) is 6.88. The van der Waals surface area contributed by atoms with Gasteiger partial charge in [-0.25, -0.2) is 0 Å². The Morgan fingerprint density at radius 3 is 2.76 bits per heavy atom. The molecular weight excluding hydrogens is 382 g/mol. The Kier molecular flexibility index (Phi) is 5.94. The molecule has 1 fully saturated rings. The molecule has 2 aromatic heterocycles.